The Morgan fingerprint density at radius 2 is 1.66 bits per heavy atom. The molecule has 5 atom stereocenters. The Bertz CT molecular complexity index is 928. The number of carbonyl (C=O) groups excluding carboxylic acids is 1. The fourth-order valence-electron chi connectivity index (χ4n) is 3.16. The molecular weight excluding hydrogens is 376 g/mol. The first-order valence-electron chi connectivity index (χ1n) is 9.05. The van der Waals surface area contributed by atoms with E-state index in [4.69, 9.17) is 9.47 Å². The van der Waals surface area contributed by atoms with Crippen LogP contribution in [0.25, 0.3) is 0 Å². The van der Waals surface area contributed by atoms with Gasteiger partial charge in [-0.25, -0.2) is 4.79 Å². The second-order valence-electron chi connectivity index (χ2n) is 6.70. The van der Waals surface area contributed by atoms with E-state index < -0.39 is 43.1 Å². The number of aliphatic hydroxyl groups is 4. The third-order valence-corrected chi connectivity index (χ3v) is 4.74. The first-order chi connectivity index (χ1) is 13.9. The third-order valence-electron chi connectivity index (χ3n) is 4.74. The highest BCUT2D eigenvalue weighted by atomic mass is 16.5. The minimum atomic E-state index is -1.44. The number of aliphatic hydroxyl groups excluding tert-OH is 4. The van der Waals surface area contributed by atoms with Gasteiger partial charge < -0.3 is 29.9 Å². The lowest BCUT2D eigenvalue weighted by molar-refractivity contribution is -0.231. The minimum Gasteiger partial charge on any atom is -0.465 e. The van der Waals surface area contributed by atoms with Gasteiger partial charge in [-0.2, -0.15) is 0 Å². The second kappa shape index (κ2) is 9.18. The molecule has 1 aliphatic rings. The first-order valence-corrected chi connectivity index (χ1v) is 9.05. The van der Waals surface area contributed by atoms with Crippen molar-refractivity contribution in [1.29, 1.82) is 0 Å². The number of hydrogen-bond acceptors (Lipinski definition) is 7. The lowest BCUT2D eigenvalue weighted by Crippen LogP contribution is -2.55. The predicted octanol–water partition coefficient (Wildman–Crippen LogP) is 0.388. The highest BCUT2D eigenvalue weighted by molar-refractivity contribution is 5.89. The van der Waals surface area contributed by atoms with Crippen LogP contribution < -0.4 is 0 Å². The Labute approximate surface area is 168 Å². The smallest absolute Gasteiger partial charge is 0.337 e. The highest BCUT2D eigenvalue weighted by Gasteiger charge is 2.43. The van der Waals surface area contributed by atoms with E-state index in [0.717, 1.165) is 0 Å². The van der Waals surface area contributed by atoms with E-state index in [1.807, 2.05) is 0 Å². The van der Waals surface area contributed by atoms with E-state index in [-0.39, 0.29) is 0 Å². The monoisotopic (exact) mass is 398 g/mol. The number of methoxy groups -OCH3 is 1. The van der Waals surface area contributed by atoms with Crippen LogP contribution in [0.15, 0.2) is 48.5 Å². The molecule has 29 heavy (non-hydrogen) atoms. The fourth-order valence-corrected chi connectivity index (χ4v) is 3.16. The lowest BCUT2D eigenvalue weighted by Gasteiger charge is -2.40. The van der Waals surface area contributed by atoms with Crippen LogP contribution in [0.4, 0.5) is 0 Å². The van der Waals surface area contributed by atoms with Gasteiger partial charge in [-0.05, 0) is 35.9 Å². The highest BCUT2D eigenvalue weighted by Crippen LogP contribution is 2.32. The molecular formula is C22H22O7. The number of hydrogen-bond donors (Lipinski definition) is 4. The minimum absolute atomic E-state index is 0.398. The van der Waals surface area contributed by atoms with Gasteiger partial charge in [-0.1, -0.05) is 30.0 Å². The Morgan fingerprint density at radius 1 is 1.00 bits per heavy atom. The molecule has 7 nitrogen and oxygen atoms in total. The van der Waals surface area contributed by atoms with Crippen molar-refractivity contribution in [2.45, 2.75) is 30.5 Å². The fraction of sp³-hybridized carbons (Fsp3) is 0.318. The summed E-state index contributed by atoms with van der Waals surface area (Å²) < 4.78 is 10.3. The average molecular weight is 398 g/mol. The molecule has 1 fully saturated rings. The third kappa shape index (κ3) is 4.65. The zero-order chi connectivity index (χ0) is 21.0. The Morgan fingerprint density at radius 3 is 2.31 bits per heavy atom. The molecule has 0 bridgehead atoms. The van der Waals surface area contributed by atoms with Gasteiger partial charge in [0.1, 0.15) is 30.5 Å². The largest absolute Gasteiger partial charge is 0.465 e. The number of carbonyl (C=O) groups is 1. The molecule has 4 N–H and O–H groups in total. The van der Waals surface area contributed by atoms with Crippen molar-refractivity contribution < 1.29 is 34.7 Å². The molecule has 0 saturated carbocycles. The molecule has 3 rings (SSSR count). The van der Waals surface area contributed by atoms with Crippen LogP contribution in [0.3, 0.4) is 0 Å². The van der Waals surface area contributed by atoms with Crippen molar-refractivity contribution >= 4 is 5.97 Å². The SMILES string of the molecule is COC(=O)c1cccc(C#Cc2cccc([C@H]3O[C@H](CO)[C@@H](O)[C@H](O)[C@H]3O)c2)c1. The summed E-state index contributed by atoms with van der Waals surface area (Å²) in [4.78, 5) is 11.6. The predicted molar refractivity (Wildman–Crippen MR) is 103 cm³/mol. The van der Waals surface area contributed by atoms with Gasteiger partial charge in [0.2, 0.25) is 0 Å². The Kier molecular flexibility index (Phi) is 6.64. The van der Waals surface area contributed by atoms with E-state index in [0.29, 0.717) is 22.3 Å². The van der Waals surface area contributed by atoms with Crippen LogP contribution >= 0.6 is 0 Å². The molecule has 0 aliphatic carbocycles. The zero-order valence-corrected chi connectivity index (χ0v) is 15.7. The van der Waals surface area contributed by atoms with Crippen molar-refractivity contribution in [3.8, 4) is 11.8 Å². The average Bonchev–Trinajstić information content (AvgIpc) is 2.76. The van der Waals surface area contributed by atoms with Crippen molar-refractivity contribution in [2.24, 2.45) is 0 Å². The first kappa shape index (κ1) is 21.0. The van der Waals surface area contributed by atoms with Gasteiger partial charge in [-0.15, -0.1) is 0 Å². The molecule has 7 heteroatoms. The summed E-state index contributed by atoms with van der Waals surface area (Å²) in [6, 6.07) is 13.6. The van der Waals surface area contributed by atoms with Crippen LogP contribution in [0.5, 0.6) is 0 Å². The summed E-state index contributed by atoms with van der Waals surface area (Å²) in [7, 11) is 1.31. The molecule has 152 valence electrons. The molecule has 2 aromatic carbocycles. The maximum Gasteiger partial charge on any atom is 0.337 e. The van der Waals surface area contributed by atoms with Crippen LogP contribution in [0.1, 0.15) is 33.2 Å². The van der Waals surface area contributed by atoms with Crippen LogP contribution in [-0.2, 0) is 9.47 Å². The van der Waals surface area contributed by atoms with E-state index in [9.17, 15) is 25.2 Å². The maximum absolute atomic E-state index is 11.6. The quantitative estimate of drug-likeness (QED) is 0.437. The van der Waals surface area contributed by atoms with E-state index in [1.165, 1.54) is 7.11 Å². The van der Waals surface area contributed by atoms with Gasteiger partial charge in [0.25, 0.3) is 0 Å². The summed E-state index contributed by atoms with van der Waals surface area (Å²) in [5.74, 6) is 5.50. The number of benzene rings is 2. The molecule has 1 heterocycles. The molecule has 0 radical (unpaired) electrons. The summed E-state index contributed by atoms with van der Waals surface area (Å²) in [5.41, 5.74) is 2.21. The number of ether oxygens (including phenoxy) is 2. The standard InChI is InChI=1S/C22H22O7/c1-28-22(27)16-7-3-5-14(11-16)9-8-13-4-2-6-15(10-13)21-20(26)19(25)18(24)17(12-23)29-21/h2-7,10-11,17-21,23-26H,12H2,1H3/t17-,18-,19+,20-,21-/m1/s1. The Hall–Kier alpha value is -2.73. The molecule has 0 spiro atoms. The van der Waals surface area contributed by atoms with E-state index >= 15 is 0 Å². The molecule has 1 saturated heterocycles. The van der Waals surface area contributed by atoms with Gasteiger partial charge in [0.05, 0.1) is 19.3 Å². The molecule has 1 aliphatic heterocycles. The van der Waals surface area contributed by atoms with Gasteiger partial charge in [0, 0.05) is 11.1 Å². The van der Waals surface area contributed by atoms with Crippen molar-refractivity contribution in [1.82, 2.24) is 0 Å². The topological polar surface area (TPSA) is 116 Å². The van der Waals surface area contributed by atoms with Gasteiger partial charge in [0.15, 0.2) is 0 Å². The molecule has 2 aromatic rings. The van der Waals surface area contributed by atoms with Gasteiger partial charge >= 0.3 is 5.97 Å². The summed E-state index contributed by atoms with van der Waals surface area (Å²) in [6.07, 6.45) is -6.10. The zero-order valence-electron chi connectivity index (χ0n) is 15.7. The van der Waals surface area contributed by atoms with Gasteiger partial charge in [-0.3, -0.25) is 0 Å². The van der Waals surface area contributed by atoms with Crippen molar-refractivity contribution in [3.05, 3.63) is 70.8 Å². The number of rotatable bonds is 3. The van der Waals surface area contributed by atoms with Crippen LogP contribution in [0, 0.1) is 11.8 Å². The summed E-state index contributed by atoms with van der Waals surface area (Å²) in [5, 5.41) is 39.5. The number of esters is 1. The lowest BCUT2D eigenvalue weighted by atomic mass is 9.91. The van der Waals surface area contributed by atoms with E-state index in [1.54, 1.807) is 48.5 Å². The maximum atomic E-state index is 11.6. The van der Waals surface area contributed by atoms with E-state index in [2.05, 4.69) is 11.8 Å². The summed E-state index contributed by atoms with van der Waals surface area (Å²) in [6.45, 7) is -0.489. The van der Waals surface area contributed by atoms with Crippen LogP contribution in [0.2, 0.25) is 0 Å². The Balaban J connectivity index is 1.84. The molecule has 0 amide bonds. The van der Waals surface area contributed by atoms with Crippen molar-refractivity contribution in [2.75, 3.05) is 13.7 Å². The van der Waals surface area contributed by atoms with Crippen LogP contribution in [-0.4, -0.2) is 64.5 Å². The normalized spacial score (nSPS) is 26.3. The second-order valence-corrected chi connectivity index (χ2v) is 6.70. The molecule has 0 aromatic heterocycles. The molecule has 0 unspecified atom stereocenters. The summed E-state index contributed by atoms with van der Waals surface area (Å²) >= 11 is 0. The van der Waals surface area contributed by atoms with Crippen molar-refractivity contribution in [3.63, 3.8) is 0 Å².